The molecular formula is C35H41FN6O5S. The molecule has 1 aliphatic rings. The number of hydrogen-bond donors (Lipinski definition) is 1. The Hall–Kier alpha value is -4.65. The second kappa shape index (κ2) is 13.8. The van der Waals surface area contributed by atoms with Crippen LogP contribution in [0.25, 0.3) is 11.3 Å². The standard InChI is InChI=1S/C35H41FN6O5S/c1-21(2)47-26-17-37-28(38-18-26)19-42-25(14-15-35(5,6)7)20-46-32-30(36)31(29-22(3)10-8-11-23(29)4)39-34(40-32)41-48(44,45)27-13-9-12-24(16-27)33(42)43/h8-13,16-18,21,25H,14-15,19-20H2,1-7H3,(H,39,40,41)/t25-/m1/s1. The van der Waals surface area contributed by atoms with Crippen molar-refractivity contribution in [3.63, 3.8) is 0 Å². The molecule has 48 heavy (non-hydrogen) atoms. The van der Waals surface area contributed by atoms with Gasteiger partial charge in [-0.05, 0) is 75.3 Å². The molecule has 11 nitrogen and oxygen atoms in total. The highest BCUT2D eigenvalue weighted by Crippen LogP contribution is 2.34. The van der Waals surface area contributed by atoms with E-state index in [1.54, 1.807) is 23.4 Å². The van der Waals surface area contributed by atoms with Gasteiger partial charge in [0.05, 0.1) is 36.0 Å². The summed E-state index contributed by atoms with van der Waals surface area (Å²) in [5.41, 5.74) is 1.89. The van der Waals surface area contributed by atoms with E-state index in [0.29, 0.717) is 30.0 Å². The third-order valence-electron chi connectivity index (χ3n) is 7.86. The van der Waals surface area contributed by atoms with Crippen LogP contribution in [0.3, 0.4) is 0 Å². The number of hydrogen-bond acceptors (Lipinski definition) is 9. The highest BCUT2D eigenvalue weighted by molar-refractivity contribution is 7.92. The Morgan fingerprint density at radius 1 is 1.06 bits per heavy atom. The summed E-state index contributed by atoms with van der Waals surface area (Å²) >= 11 is 0. The highest BCUT2D eigenvalue weighted by atomic mass is 32.2. The molecule has 1 aliphatic heterocycles. The molecule has 3 heterocycles. The van der Waals surface area contributed by atoms with Crippen molar-refractivity contribution in [3.8, 4) is 22.9 Å². The molecule has 1 N–H and O–H groups in total. The number of ether oxygens (including phenoxy) is 2. The Morgan fingerprint density at radius 3 is 2.38 bits per heavy atom. The zero-order valence-corrected chi connectivity index (χ0v) is 29.1. The van der Waals surface area contributed by atoms with Gasteiger partial charge in [0.15, 0.2) is 5.75 Å². The predicted octanol–water partition coefficient (Wildman–Crippen LogP) is 6.51. The van der Waals surface area contributed by atoms with Crippen LogP contribution in [0, 0.1) is 25.1 Å². The molecule has 0 saturated heterocycles. The van der Waals surface area contributed by atoms with Gasteiger partial charge < -0.3 is 14.4 Å². The van der Waals surface area contributed by atoms with Crippen molar-refractivity contribution in [3.05, 3.63) is 83.2 Å². The number of halogens is 1. The van der Waals surface area contributed by atoms with E-state index in [1.165, 1.54) is 18.2 Å². The maximum atomic E-state index is 16.3. The van der Waals surface area contributed by atoms with Crippen molar-refractivity contribution in [2.75, 3.05) is 11.3 Å². The molecule has 4 aromatic rings. The lowest BCUT2D eigenvalue weighted by atomic mass is 9.88. The van der Waals surface area contributed by atoms with Crippen molar-refractivity contribution in [1.82, 2.24) is 24.8 Å². The van der Waals surface area contributed by atoms with E-state index in [4.69, 9.17) is 9.47 Å². The second-order valence-electron chi connectivity index (χ2n) is 13.4. The number of rotatable bonds is 7. The second-order valence-corrected chi connectivity index (χ2v) is 15.1. The van der Waals surface area contributed by atoms with E-state index in [0.717, 1.165) is 11.1 Å². The van der Waals surface area contributed by atoms with Crippen LogP contribution in [0.2, 0.25) is 0 Å². The van der Waals surface area contributed by atoms with Gasteiger partial charge >= 0.3 is 0 Å². The Labute approximate surface area is 281 Å². The average molecular weight is 677 g/mol. The lowest BCUT2D eigenvalue weighted by Gasteiger charge is -2.33. The summed E-state index contributed by atoms with van der Waals surface area (Å²) in [7, 11) is -4.31. The molecule has 1 atom stereocenters. The maximum Gasteiger partial charge on any atom is 0.264 e. The van der Waals surface area contributed by atoms with Crippen molar-refractivity contribution in [2.45, 2.75) is 84.9 Å². The predicted molar refractivity (Wildman–Crippen MR) is 180 cm³/mol. The molecule has 254 valence electrons. The zero-order valence-electron chi connectivity index (χ0n) is 28.2. The lowest BCUT2D eigenvalue weighted by Crippen LogP contribution is -2.44. The van der Waals surface area contributed by atoms with Gasteiger partial charge in [-0.1, -0.05) is 45.0 Å². The maximum absolute atomic E-state index is 16.3. The van der Waals surface area contributed by atoms with E-state index in [9.17, 15) is 13.2 Å². The molecule has 0 saturated carbocycles. The molecule has 5 rings (SSSR count). The number of nitrogens with one attached hydrogen (secondary N) is 1. The summed E-state index contributed by atoms with van der Waals surface area (Å²) in [6.07, 6.45) is 4.17. The first-order valence-electron chi connectivity index (χ1n) is 15.8. The molecule has 1 amide bonds. The van der Waals surface area contributed by atoms with Crippen molar-refractivity contribution in [2.24, 2.45) is 5.41 Å². The first kappa shape index (κ1) is 34.7. The van der Waals surface area contributed by atoms with Crippen LogP contribution in [-0.4, -0.2) is 57.9 Å². The Bertz CT molecular complexity index is 1890. The van der Waals surface area contributed by atoms with Crippen LogP contribution in [0.15, 0.2) is 59.8 Å². The van der Waals surface area contributed by atoms with Gasteiger partial charge in [-0.15, -0.1) is 0 Å². The number of amides is 1. The van der Waals surface area contributed by atoms with Gasteiger partial charge in [-0.2, -0.15) is 9.37 Å². The highest BCUT2D eigenvalue weighted by Gasteiger charge is 2.31. The Kier molecular flexibility index (Phi) is 9.99. The third kappa shape index (κ3) is 8.07. The van der Waals surface area contributed by atoms with E-state index < -0.39 is 33.7 Å². The summed E-state index contributed by atoms with van der Waals surface area (Å²) in [5, 5.41) is 0. The molecule has 0 radical (unpaired) electrons. The smallest absolute Gasteiger partial charge is 0.264 e. The number of aryl methyl sites for hydroxylation is 2. The number of carbonyl (C=O) groups excluding carboxylic acids is 1. The number of fused-ring (bicyclic) bond motifs is 4. The van der Waals surface area contributed by atoms with Gasteiger partial charge in [0, 0.05) is 11.1 Å². The Morgan fingerprint density at radius 2 is 1.73 bits per heavy atom. The number of nitrogens with zero attached hydrogens (tertiary/aromatic N) is 5. The van der Waals surface area contributed by atoms with E-state index in [1.807, 2.05) is 45.9 Å². The normalized spacial score (nSPS) is 16.3. The van der Waals surface area contributed by atoms with Gasteiger partial charge in [0.1, 0.15) is 18.1 Å². The summed E-state index contributed by atoms with van der Waals surface area (Å²) in [6, 6.07) is 10.6. The number of benzene rings is 2. The molecular weight excluding hydrogens is 635 g/mol. The SMILES string of the molecule is Cc1cccc(C)c1-c1nc2nc(c1F)OC[C@@H](CCC(C)(C)C)N(Cc1ncc(OC(C)C)cn1)C(=O)c1cccc(c1)S(=O)(=O)N2. The molecule has 0 fully saturated rings. The van der Waals surface area contributed by atoms with Crippen molar-refractivity contribution in [1.29, 1.82) is 0 Å². The fourth-order valence-electron chi connectivity index (χ4n) is 5.44. The van der Waals surface area contributed by atoms with E-state index in [2.05, 4.69) is 45.4 Å². The minimum absolute atomic E-state index is 0.0284. The Balaban J connectivity index is 1.66. The first-order chi connectivity index (χ1) is 22.6. The number of aromatic nitrogens is 4. The fourth-order valence-corrected chi connectivity index (χ4v) is 6.43. The largest absolute Gasteiger partial charge is 0.488 e. The van der Waals surface area contributed by atoms with Crippen LogP contribution in [-0.2, 0) is 16.6 Å². The van der Waals surface area contributed by atoms with Crippen molar-refractivity contribution < 1.29 is 27.1 Å². The van der Waals surface area contributed by atoms with Crippen LogP contribution in [0.5, 0.6) is 11.6 Å². The summed E-state index contributed by atoms with van der Waals surface area (Å²) < 4.78 is 57.7. The fraction of sp³-hybridized carbons (Fsp3) is 0.400. The summed E-state index contributed by atoms with van der Waals surface area (Å²) in [6.45, 7) is 13.5. The van der Waals surface area contributed by atoms with E-state index >= 15 is 4.39 Å². The molecule has 0 spiro atoms. The monoisotopic (exact) mass is 676 g/mol. The summed E-state index contributed by atoms with van der Waals surface area (Å²) in [5.74, 6) is -1.29. The molecule has 0 unspecified atom stereocenters. The molecule has 4 bridgehead atoms. The van der Waals surface area contributed by atoms with E-state index in [-0.39, 0.29) is 46.8 Å². The lowest BCUT2D eigenvalue weighted by molar-refractivity contribution is 0.0542. The number of anilines is 1. The quantitative estimate of drug-likeness (QED) is 0.232. The van der Waals surface area contributed by atoms with Gasteiger partial charge in [-0.25, -0.2) is 28.1 Å². The van der Waals surface area contributed by atoms with Crippen LogP contribution in [0.1, 0.15) is 74.8 Å². The van der Waals surface area contributed by atoms with Crippen LogP contribution in [0.4, 0.5) is 10.3 Å². The third-order valence-corrected chi connectivity index (χ3v) is 9.19. The molecule has 2 aromatic carbocycles. The molecule has 0 aliphatic carbocycles. The number of sulfonamides is 1. The van der Waals surface area contributed by atoms with Crippen LogP contribution >= 0.6 is 0 Å². The number of carbonyl (C=O) groups is 1. The minimum Gasteiger partial charge on any atom is -0.488 e. The van der Waals surface area contributed by atoms with Gasteiger partial charge in [0.2, 0.25) is 11.8 Å². The van der Waals surface area contributed by atoms with Gasteiger partial charge in [-0.3, -0.25) is 4.79 Å². The zero-order chi connectivity index (χ0) is 34.8. The minimum atomic E-state index is -4.31. The topological polar surface area (TPSA) is 136 Å². The summed E-state index contributed by atoms with van der Waals surface area (Å²) in [4.78, 5) is 33.1. The van der Waals surface area contributed by atoms with Crippen molar-refractivity contribution >= 4 is 21.9 Å². The van der Waals surface area contributed by atoms with Gasteiger partial charge in [0.25, 0.3) is 21.8 Å². The van der Waals surface area contributed by atoms with Crippen LogP contribution < -0.4 is 14.2 Å². The molecule has 13 heteroatoms. The first-order valence-corrected chi connectivity index (χ1v) is 17.3. The average Bonchev–Trinajstić information content (AvgIpc) is 3.01. The molecule has 2 aromatic heterocycles.